The third kappa shape index (κ3) is 4.06. The monoisotopic (exact) mass is 474 g/mol. The summed E-state index contributed by atoms with van der Waals surface area (Å²) in [5.41, 5.74) is -1.35. The molecule has 178 valence electrons. The molecule has 1 aromatic carbocycles. The topological polar surface area (TPSA) is 71.0 Å². The van der Waals surface area contributed by atoms with Crippen LogP contribution in [0, 0.1) is 11.9 Å². The summed E-state index contributed by atoms with van der Waals surface area (Å²) in [7, 11) is 0. The van der Waals surface area contributed by atoms with Gasteiger partial charge in [-0.1, -0.05) is 18.2 Å². The van der Waals surface area contributed by atoms with Crippen LogP contribution in [0.2, 0.25) is 0 Å². The quantitative estimate of drug-likeness (QED) is 0.439. The molecule has 0 unspecified atom stereocenters. The summed E-state index contributed by atoms with van der Waals surface area (Å²) in [6.45, 7) is 2.43. The number of benzene rings is 1. The van der Waals surface area contributed by atoms with Gasteiger partial charge < -0.3 is 4.90 Å². The third-order valence-electron chi connectivity index (χ3n) is 6.91. The highest BCUT2D eigenvalue weighted by Gasteiger charge is 2.60. The summed E-state index contributed by atoms with van der Waals surface area (Å²) < 4.78 is 54.8. The number of nitrogens with zero attached hydrogens (tertiary/aromatic N) is 3. The Morgan fingerprint density at radius 1 is 1.12 bits per heavy atom. The van der Waals surface area contributed by atoms with Gasteiger partial charge in [0.2, 0.25) is 5.95 Å². The molecule has 0 bridgehead atoms. The van der Waals surface area contributed by atoms with E-state index in [1.54, 1.807) is 6.07 Å². The van der Waals surface area contributed by atoms with Gasteiger partial charge in [-0.25, -0.2) is 9.78 Å². The number of aryl methyl sites for hydroxylation is 1. The fourth-order valence-electron chi connectivity index (χ4n) is 5.13. The number of aromatic amines is 1. The highest BCUT2D eigenvalue weighted by molar-refractivity contribution is 5.60. The largest absolute Gasteiger partial charge is 0.416 e. The second kappa shape index (κ2) is 8.19. The van der Waals surface area contributed by atoms with Crippen LogP contribution in [0.4, 0.5) is 17.6 Å². The van der Waals surface area contributed by atoms with E-state index in [0.717, 1.165) is 24.6 Å². The Morgan fingerprint density at radius 2 is 1.94 bits per heavy atom. The fraction of sp³-hybridized carbons (Fsp3) is 0.375. The van der Waals surface area contributed by atoms with Crippen LogP contribution in [0.1, 0.15) is 24.0 Å². The molecule has 1 aliphatic heterocycles. The minimum Gasteiger partial charge on any atom is -0.302 e. The van der Waals surface area contributed by atoms with Crippen molar-refractivity contribution in [3.8, 4) is 11.1 Å². The Balaban J connectivity index is 1.25. The van der Waals surface area contributed by atoms with Crippen LogP contribution in [0.5, 0.6) is 0 Å². The Hall–Kier alpha value is -3.27. The second-order valence-electron chi connectivity index (χ2n) is 9.06. The first kappa shape index (κ1) is 22.5. The highest BCUT2D eigenvalue weighted by Crippen LogP contribution is 2.59. The van der Waals surface area contributed by atoms with Gasteiger partial charge in [0, 0.05) is 43.0 Å². The van der Waals surface area contributed by atoms with E-state index in [9.17, 15) is 27.2 Å². The van der Waals surface area contributed by atoms with Crippen LogP contribution in [0.3, 0.4) is 0 Å². The number of hydrogen-bond acceptors (Lipinski definition) is 4. The zero-order valence-electron chi connectivity index (χ0n) is 18.1. The molecule has 0 radical (unpaired) electrons. The molecular formula is C24H22F4N4O2. The maximum Gasteiger partial charge on any atom is 0.416 e. The summed E-state index contributed by atoms with van der Waals surface area (Å²) >= 11 is 0. The van der Waals surface area contributed by atoms with Crippen LogP contribution in [-0.2, 0) is 18.1 Å². The molecule has 10 heteroatoms. The lowest BCUT2D eigenvalue weighted by molar-refractivity contribution is -0.137. The predicted molar refractivity (Wildman–Crippen MR) is 117 cm³/mol. The van der Waals surface area contributed by atoms with Gasteiger partial charge in [-0.15, -0.1) is 0 Å². The van der Waals surface area contributed by atoms with Crippen molar-refractivity contribution in [1.82, 2.24) is 19.4 Å². The van der Waals surface area contributed by atoms with Crippen molar-refractivity contribution in [2.75, 3.05) is 19.6 Å². The lowest BCUT2D eigenvalue weighted by atomic mass is 9.93. The molecule has 1 saturated carbocycles. The van der Waals surface area contributed by atoms with Crippen molar-refractivity contribution in [3.05, 3.63) is 86.7 Å². The molecule has 2 atom stereocenters. The number of likely N-dealkylation sites (tertiary alicyclic amines) is 1. The summed E-state index contributed by atoms with van der Waals surface area (Å²) in [5, 5.41) is 0. The maximum atomic E-state index is 14.0. The lowest BCUT2D eigenvalue weighted by Gasteiger charge is -2.22. The zero-order chi connectivity index (χ0) is 24.1. The van der Waals surface area contributed by atoms with E-state index in [4.69, 9.17) is 0 Å². The van der Waals surface area contributed by atoms with Gasteiger partial charge in [0.15, 0.2) is 0 Å². The number of alkyl halides is 3. The fourth-order valence-corrected chi connectivity index (χ4v) is 5.13. The van der Waals surface area contributed by atoms with E-state index in [2.05, 4.69) is 14.9 Å². The van der Waals surface area contributed by atoms with Crippen molar-refractivity contribution in [1.29, 1.82) is 0 Å². The molecule has 1 N–H and O–H groups in total. The Labute approximate surface area is 191 Å². The number of nitrogens with one attached hydrogen (secondary N) is 1. The minimum absolute atomic E-state index is 0.0140. The molecule has 2 aliphatic rings. The van der Waals surface area contributed by atoms with Crippen LogP contribution >= 0.6 is 0 Å². The first-order chi connectivity index (χ1) is 16.2. The van der Waals surface area contributed by atoms with Crippen LogP contribution in [0.15, 0.2) is 58.4 Å². The smallest absolute Gasteiger partial charge is 0.302 e. The van der Waals surface area contributed by atoms with Crippen molar-refractivity contribution >= 4 is 0 Å². The number of rotatable bonds is 6. The lowest BCUT2D eigenvalue weighted by Crippen LogP contribution is -2.32. The van der Waals surface area contributed by atoms with E-state index in [1.807, 2.05) is 0 Å². The van der Waals surface area contributed by atoms with E-state index in [1.165, 1.54) is 41.2 Å². The molecule has 34 heavy (non-hydrogen) atoms. The molecule has 3 aromatic rings. The molecule has 6 nitrogen and oxygen atoms in total. The van der Waals surface area contributed by atoms with Crippen molar-refractivity contribution in [2.24, 2.45) is 5.92 Å². The molecular weight excluding hydrogens is 452 g/mol. The normalized spacial score (nSPS) is 22.1. The maximum absolute atomic E-state index is 14.0. The van der Waals surface area contributed by atoms with Gasteiger partial charge in [0.05, 0.1) is 11.1 Å². The van der Waals surface area contributed by atoms with E-state index in [0.29, 0.717) is 32.0 Å². The predicted octanol–water partition coefficient (Wildman–Crippen LogP) is 3.42. The molecule has 2 fully saturated rings. The first-order valence-electron chi connectivity index (χ1n) is 11.0. The molecule has 0 spiro atoms. The van der Waals surface area contributed by atoms with Crippen LogP contribution < -0.4 is 11.2 Å². The summed E-state index contributed by atoms with van der Waals surface area (Å²) in [5.74, 6) is -0.471. The second-order valence-corrected chi connectivity index (χ2v) is 9.06. The van der Waals surface area contributed by atoms with E-state index < -0.39 is 28.9 Å². The number of hydrogen-bond donors (Lipinski definition) is 1. The number of pyridine rings is 1. The summed E-state index contributed by atoms with van der Waals surface area (Å²) in [6.07, 6.45) is -0.282. The van der Waals surface area contributed by atoms with E-state index >= 15 is 0 Å². The van der Waals surface area contributed by atoms with E-state index in [-0.39, 0.29) is 16.5 Å². The molecule has 0 amide bonds. The number of piperidine rings is 1. The molecule has 1 aliphatic carbocycles. The SMILES string of the molecule is O=c1[nH]c(=O)n(CCCN2C[C@H]3C[C@@]3(c3cccc(C(F)(F)F)c3)C2)cc1-c1cccnc1F. The number of halogens is 4. The zero-order valence-corrected chi connectivity index (χ0v) is 18.1. The average molecular weight is 474 g/mol. The van der Waals surface area contributed by atoms with Crippen molar-refractivity contribution in [3.63, 3.8) is 0 Å². The standard InChI is InChI=1S/C24H22F4N4O2/c25-20-18(6-2-7-29-20)19-13-32(22(34)30-21(19)33)9-3-8-31-12-17-11-23(17,14-31)15-4-1-5-16(10-15)24(26,27)28/h1-2,4-7,10,13,17H,3,8-9,11-12,14H2,(H,30,33,34)/t17-,23+/m1/s1. The van der Waals surface area contributed by atoms with Gasteiger partial charge in [0.1, 0.15) is 0 Å². The van der Waals surface area contributed by atoms with Crippen LogP contribution in [0.25, 0.3) is 11.1 Å². The Bertz CT molecular complexity index is 1350. The Morgan fingerprint density at radius 3 is 2.71 bits per heavy atom. The van der Waals surface area contributed by atoms with Crippen molar-refractivity contribution in [2.45, 2.75) is 31.0 Å². The number of fused-ring (bicyclic) bond motifs is 1. The summed E-state index contributed by atoms with van der Waals surface area (Å²) in [6, 6.07) is 8.53. The Kier molecular flexibility index (Phi) is 5.43. The van der Waals surface area contributed by atoms with Gasteiger partial charge in [-0.2, -0.15) is 17.6 Å². The highest BCUT2D eigenvalue weighted by atomic mass is 19.4. The van der Waals surface area contributed by atoms with Crippen molar-refractivity contribution < 1.29 is 17.6 Å². The minimum atomic E-state index is -4.36. The van der Waals surface area contributed by atoms with Crippen LogP contribution in [-0.4, -0.2) is 39.1 Å². The van der Waals surface area contributed by atoms with Gasteiger partial charge >= 0.3 is 11.9 Å². The van der Waals surface area contributed by atoms with Gasteiger partial charge in [-0.3, -0.25) is 14.3 Å². The molecule has 5 rings (SSSR count). The van der Waals surface area contributed by atoms with Gasteiger partial charge in [-0.05, 0) is 49.1 Å². The third-order valence-corrected chi connectivity index (χ3v) is 6.91. The van der Waals surface area contributed by atoms with Gasteiger partial charge in [0.25, 0.3) is 5.56 Å². The molecule has 1 saturated heterocycles. The summed E-state index contributed by atoms with van der Waals surface area (Å²) in [4.78, 5) is 32.4. The molecule has 3 heterocycles. The molecule has 2 aromatic heterocycles. The average Bonchev–Trinajstić information content (AvgIpc) is 3.37. The number of aromatic nitrogens is 3. The first-order valence-corrected chi connectivity index (χ1v) is 11.0. The number of H-pyrrole nitrogens is 1.